The van der Waals surface area contributed by atoms with Gasteiger partial charge < -0.3 is 9.64 Å². The van der Waals surface area contributed by atoms with E-state index in [1.165, 1.54) is 11.6 Å². The molecular weight excluding hydrogens is 429 g/mol. The number of hydrogen-bond acceptors (Lipinski definition) is 5. The number of nitrogens with zero attached hydrogens (tertiary/aromatic N) is 5. The van der Waals surface area contributed by atoms with Crippen LogP contribution in [0.2, 0.25) is 0 Å². The number of ether oxygens (including phenoxy) is 1. The second-order valence-electron chi connectivity index (χ2n) is 8.50. The highest BCUT2D eigenvalue weighted by molar-refractivity contribution is 5.61. The highest BCUT2D eigenvalue weighted by Gasteiger charge is 2.23. The maximum atomic E-state index is 14.7. The van der Waals surface area contributed by atoms with Crippen LogP contribution in [-0.2, 0) is 11.2 Å². The molecule has 0 fully saturated rings. The fraction of sp³-hybridized carbons (Fsp3) is 0.296. The first kappa shape index (κ1) is 23.6. The molecule has 2 atom stereocenters. The lowest BCUT2D eigenvalue weighted by Gasteiger charge is -2.18. The van der Waals surface area contributed by atoms with Crippen LogP contribution in [0.3, 0.4) is 0 Å². The molecule has 0 aliphatic heterocycles. The quantitative estimate of drug-likeness (QED) is 0.332. The molecule has 0 radical (unpaired) electrons. The normalized spacial score (nSPS) is 13.0. The summed E-state index contributed by atoms with van der Waals surface area (Å²) in [5, 5.41) is 4.78. The maximum Gasteiger partial charge on any atom is 0.181 e. The molecule has 2 aromatic heterocycles. The highest BCUT2D eigenvalue weighted by Crippen LogP contribution is 2.28. The standard InChI is InChI=1S/C27H30FN5O/c1-19(22-12-15-29-16-13-22)33-27(20(2)34-17-14-21-8-6-5-7-9-21)30-26(31-33)23-10-11-25(32(3)4)24(28)18-23/h5-13,15-16,18-20H,14,17H2,1-4H3. The van der Waals surface area contributed by atoms with Gasteiger partial charge in [0, 0.05) is 32.1 Å². The predicted octanol–water partition coefficient (Wildman–Crippen LogP) is 5.47. The Morgan fingerprint density at radius 2 is 1.74 bits per heavy atom. The van der Waals surface area contributed by atoms with E-state index in [4.69, 9.17) is 14.8 Å². The maximum absolute atomic E-state index is 14.7. The average molecular weight is 460 g/mol. The Kier molecular flexibility index (Phi) is 7.33. The molecule has 0 saturated carbocycles. The Morgan fingerprint density at radius 1 is 1.00 bits per heavy atom. The van der Waals surface area contributed by atoms with Crippen molar-refractivity contribution in [2.75, 3.05) is 25.6 Å². The molecule has 34 heavy (non-hydrogen) atoms. The lowest BCUT2D eigenvalue weighted by Crippen LogP contribution is -2.16. The summed E-state index contributed by atoms with van der Waals surface area (Å²) in [7, 11) is 3.63. The predicted molar refractivity (Wildman–Crippen MR) is 132 cm³/mol. The Morgan fingerprint density at radius 3 is 2.41 bits per heavy atom. The zero-order chi connectivity index (χ0) is 24.1. The monoisotopic (exact) mass is 459 g/mol. The summed E-state index contributed by atoms with van der Waals surface area (Å²) >= 11 is 0. The van der Waals surface area contributed by atoms with E-state index in [2.05, 4.69) is 24.0 Å². The summed E-state index contributed by atoms with van der Waals surface area (Å²) in [6.07, 6.45) is 4.04. The molecule has 0 N–H and O–H groups in total. The second-order valence-corrected chi connectivity index (χ2v) is 8.50. The minimum atomic E-state index is -0.310. The molecule has 2 aromatic carbocycles. The van der Waals surface area contributed by atoms with Gasteiger partial charge in [-0.15, -0.1) is 0 Å². The molecule has 0 saturated heterocycles. The number of anilines is 1. The Labute approximate surface area is 200 Å². The molecule has 4 rings (SSSR count). The van der Waals surface area contributed by atoms with Crippen LogP contribution in [0.25, 0.3) is 11.4 Å². The van der Waals surface area contributed by atoms with Gasteiger partial charge in [0.25, 0.3) is 0 Å². The third kappa shape index (κ3) is 5.31. The molecule has 176 valence electrons. The fourth-order valence-corrected chi connectivity index (χ4v) is 3.88. The van der Waals surface area contributed by atoms with E-state index in [0.717, 1.165) is 12.0 Å². The molecule has 0 bridgehead atoms. The van der Waals surface area contributed by atoms with E-state index in [1.807, 2.05) is 62.1 Å². The minimum Gasteiger partial charge on any atom is -0.375 e. The van der Waals surface area contributed by atoms with E-state index >= 15 is 0 Å². The van der Waals surface area contributed by atoms with Crippen molar-refractivity contribution in [2.45, 2.75) is 32.4 Å². The third-order valence-corrected chi connectivity index (χ3v) is 5.87. The fourth-order valence-electron chi connectivity index (χ4n) is 3.88. The Hall–Kier alpha value is -3.58. The first-order valence-electron chi connectivity index (χ1n) is 11.4. The molecule has 0 aliphatic rings. The van der Waals surface area contributed by atoms with E-state index in [1.54, 1.807) is 23.4 Å². The van der Waals surface area contributed by atoms with Crippen LogP contribution < -0.4 is 4.90 Å². The van der Waals surface area contributed by atoms with Crippen LogP contribution in [0.4, 0.5) is 10.1 Å². The van der Waals surface area contributed by atoms with Gasteiger partial charge in [0.05, 0.1) is 18.3 Å². The topological polar surface area (TPSA) is 56.1 Å². The largest absolute Gasteiger partial charge is 0.375 e. The van der Waals surface area contributed by atoms with Gasteiger partial charge in [0.15, 0.2) is 11.6 Å². The van der Waals surface area contributed by atoms with Gasteiger partial charge in [-0.2, -0.15) is 5.10 Å². The number of hydrogen-bond donors (Lipinski definition) is 0. The highest BCUT2D eigenvalue weighted by atomic mass is 19.1. The van der Waals surface area contributed by atoms with E-state index in [9.17, 15) is 4.39 Å². The average Bonchev–Trinajstić information content (AvgIpc) is 3.30. The van der Waals surface area contributed by atoms with E-state index in [0.29, 0.717) is 29.5 Å². The molecule has 0 amide bonds. The van der Waals surface area contributed by atoms with E-state index < -0.39 is 0 Å². The molecule has 2 heterocycles. The number of rotatable bonds is 9. The first-order chi connectivity index (χ1) is 16.4. The van der Waals surface area contributed by atoms with Crippen molar-refractivity contribution in [3.63, 3.8) is 0 Å². The molecule has 0 aliphatic carbocycles. The number of pyridine rings is 1. The molecular formula is C27H30FN5O. The summed E-state index contributed by atoms with van der Waals surface area (Å²) in [4.78, 5) is 10.7. The lowest BCUT2D eigenvalue weighted by atomic mass is 10.1. The van der Waals surface area contributed by atoms with Gasteiger partial charge in [-0.25, -0.2) is 14.1 Å². The van der Waals surface area contributed by atoms with Crippen LogP contribution in [0, 0.1) is 5.82 Å². The minimum absolute atomic E-state index is 0.0923. The summed E-state index contributed by atoms with van der Waals surface area (Å²) in [5.41, 5.74) is 3.42. The molecule has 4 aromatic rings. The zero-order valence-electron chi connectivity index (χ0n) is 20.0. The van der Waals surface area contributed by atoms with Gasteiger partial charge in [-0.1, -0.05) is 30.3 Å². The zero-order valence-corrected chi connectivity index (χ0v) is 20.0. The Bertz CT molecular complexity index is 1210. The van der Waals surface area contributed by atoms with E-state index in [-0.39, 0.29) is 18.0 Å². The van der Waals surface area contributed by atoms with Gasteiger partial charge in [-0.3, -0.25) is 4.98 Å². The molecule has 2 unspecified atom stereocenters. The summed E-state index contributed by atoms with van der Waals surface area (Å²) < 4.78 is 22.7. The lowest BCUT2D eigenvalue weighted by molar-refractivity contribution is 0.0582. The smallest absolute Gasteiger partial charge is 0.181 e. The molecule has 6 nitrogen and oxygen atoms in total. The van der Waals surface area contributed by atoms with Gasteiger partial charge in [-0.05, 0) is 61.7 Å². The van der Waals surface area contributed by atoms with Crippen molar-refractivity contribution in [3.05, 3.63) is 95.8 Å². The third-order valence-electron chi connectivity index (χ3n) is 5.87. The van der Waals surface area contributed by atoms with Crippen LogP contribution in [0.5, 0.6) is 0 Å². The number of benzene rings is 2. The van der Waals surface area contributed by atoms with Crippen molar-refractivity contribution in [1.29, 1.82) is 0 Å². The second kappa shape index (κ2) is 10.6. The molecule has 7 heteroatoms. The first-order valence-corrected chi connectivity index (χ1v) is 11.4. The summed E-state index contributed by atoms with van der Waals surface area (Å²) in [5.74, 6) is 0.859. The molecule has 0 spiro atoms. The van der Waals surface area contributed by atoms with Crippen LogP contribution in [0.1, 0.15) is 42.9 Å². The van der Waals surface area contributed by atoms with Crippen molar-refractivity contribution < 1.29 is 9.13 Å². The number of halogens is 1. The van der Waals surface area contributed by atoms with Gasteiger partial charge in [0.1, 0.15) is 11.9 Å². The van der Waals surface area contributed by atoms with Gasteiger partial charge >= 0.3 is 0 Å². The van der Waals surface area contributed by atoms with Crippen molar-refractivity contribution in [1.82, 2.24) is 19.7 Å². The summed E-state index contributed by atoms with van der Waals surface area (Å²) in [6.45, 7) is 4.59. The SMILES string of the molecule is CC(OCCc1ccccc1)c1nc(-c2ccc(N(C)C)c(F)c2)nn1C(C)c1ccncc1. The van der Waals surface area contributed by atoms with Crippen molar-refractivity contribution in [3.8, 4) is 11.4 Å². The number of aromatic nitrogens is 4. The van der Waals surface area contributed by atoms with Crippen molar-refractivity contribution in [2.24, 2.45) is 0 Å². The van der Waals surface area contributed by atoms with Gasteiger partial charge in [0.2, 0.25) is 0 Å². The van der Waals surface area contributed by atoms with Crippen LogP contribution in [0.15, 0.2) is 73.1 Å². The summed E-state index contributed by atoms with van der Waals surface area (Å²) in [6, 6.07) is 19.1. The van der Waals surface area contributed by atoms with Crippen LogP contribution >= 0.6 is 0 Å². The van der Waals surface area contributed by atoms with Crippen molar-refractivity contribution >= 4 is 5.69 Å². The Balaban J connectivity index is 1.63. The van der Waals surface area contributed by atoms with Crippen LogP contribution in [-0.4, -0.2) is 40.5 Å².